The van der Waals surface area contributed by atoms with Gasteiger partial charge in [-0.2, -0.15) is 0 Å². The molecule has 2 fully saturated rings. The smallest absolute Gasteiger partial charge is 0.147 e. The highest BCUT2D eigenvalue weighted by Gasteiger charge is 2.28. The van der Waals surface area contributed by atoms with Crippen molar-refractivity contribution in [1.29, 1.82) is 0 Å². The van der Waals surface area contributed by atoms with E-state index in [1.54, 1.807) is 6.20 Å². The first-order valence-electron chi connectivity index (χ1n) is 6.53. The van der Waals surface area contributed by atoms with Crippen LogP contribution in [0.1, 0.15) is 12.8 Å². The fraction of sp³-hybridized carbons (Fsp3) is 0.615. The Kier molecular flexibility index (Phi) is 3.68. The van der Waals surface area contributed by atoms with E-state index in [1.807, 2.05) is 12.1 Å². The Bertz CT molecular complexity index is 411. The van der Waals surface area contributed by atoms with Gasteiger partial charge in [-0.1, -0.05) is 11.6 Å². The fourth-order valence-corrected chi connectivity index (χ4v) is 2.51. The van der Waals surface area contributed by atoms with Gasteiger partial charge in [0.25, 0.3) is 0 Å². The number of anilines is 1. The standard InChI is InChI=1S/C13H18ClN3O/c14-12-2-1-5-15-13(12)17-6-7-18-9-11(17)8-16-10-3-4-10/h1-2,5,10-11,16H,3-4,6-9H2. The summed E-state index contributed by atoms with van der Waals surface area (Å²) in [5, 5.41) is 4.27. The van der Waals surface area contributed by atoms with E-state index in [1.165, 1.54) is 12.8 Å². The van der Waals surface area contributed by atoms with Crippen LogP contribution in [0.5, 0.6) is 0 Å². The maximum atomic E-state index is 6.23. The van der Waals surface area contributed by atoms with Crippen LogP contribution in [0.3, 0.4) is 0 Å². The van der Waals surface area contributed by atoms with E-state index in [0.717, 1.165) is 37.1 Å². The monoisotopic (exact) mass is 267 g/mol. The SMILES string of the molecule is Clc1cccnc1N1CCOCC1CNC1CC1. The molecule has 1 N–H and O–H groups in total. The summed E-state index contributed by atoms with van der Waals surface area (Å²) in [7, 11) is 0. The fourth-order valence-electron chi connectivity index (χ4n) is 2.28. The summed E-state index contributed by atoms with van der Waals surface area (Å²) >= 11 is 6.23. The molecule has 2 aliphatic rings. The third-order valence-electron chi connectivity index (χ3n) is 3.46. The molecule has 0 radical (unpaired) electrons. The maximum Gasteiger partial charge on any atom is 0.147 e. The van der Waals surface area contributed by atoms with Crippen molar-refractivity contribution in [2.75, 3.05) is 31.2 Å². The van der Waals surface area contributed by atoms with Crippen LogP contribution < -0.4 is 10.2 Å². The molecule has 18 heavy (non-hydrogen) atoms. The summed E-state index contributed by atoms with van der Waals surface area (Å²) in [6, 6.07) is 4.80. The first kappa shape index (κ1) is 12.2. The molecule has 0 bridgehead atoms. The molecule has 0 spiro atoms. The predicted octanol–water partition coefficient (Wildman–Crippen LogP) is 1.69. The summed E-state index contributed by atoms with van der Waals surface area (Å²) in [6.45, 7) is 3.28. The molecular formula is C13H18ClN3O. The molecular weight excluding hydrogens is 250 g/mol. The number of nitrogens with zero attached hydrogens (tertiary/aromatic N) is 2. The molecule has 1 saturated heterocycles. The zero-order valence-electron chi connectivity index (χ0n) is 10.3. The molecule has 1 atom stereocenters. The van der Waals surface area contributed by atoms with Gasteiger partial charge < -0.3 is 15.0 Å². The first-order valence-corrected chi connectivity index (χ1v) is 6.90. The molecule has 1 saturated carbocycles. The highest BCUT2D eigenvalue weighted by atomic mass is 35.5. The molecule has 1 aromatic rings. The first-order chi connectivity index (χ1) is 8.84. The highest BCUT2D eigenvalue weighted by molar-refractivity contribution is 6.32. The third kappa shape index (κ3) is 2.76. The van der Waals surface area contributed by atoms with Crippen LogP contribution in [0.25, 0.3) is 0 Å². The average molecular weight is 268 g/mol. The van der Waals surface area contributed by atoms with Gasteiger partial charge in [0.1, 0.15) is 5.82 Å². The van der Waals surface area contributed by atoms with Crippen molar-refractivity contribution in [3.05, 3.63) is 23.4 Å². The average Bonchev–Trinajstić information content (AvgIpc) is 3.22. The van der Waals surface area contributed by atoms with E-state index in [0.29, 0.717) is 12.1 Å². The molecule has 1 aliphatic heterocycles. The van der Waals surface area contributed by atoms with Gasteiger partial charge in [0.2, 0.25) is 0 Å². The normalized spacial score (nSPS) is 24.3. The topological polar surface area (TPSA) is 37.4 Å². The van der Waals surface area contributed by atoms with Crippen molar-refractivity contribution in [2.24, 2.45) is 0 Å². The van der Waals surface area contributed by atoms with Gasteiger partial charge in [-0.05, 0) is 25.0 Å². The molecule has 0 amide bonds. The Morgan fingerprint density at radius 3 is 3.17 bits per heavy atom. The zero-order valence-corrected chi connectivity index (χ0v) is 11.1. The van der Waals surface area contributed by atoms with Crippen molar-refractivity contribution in [1.82, 2.24) is 10.3 Å². The van der Waals surface area contributed by atoms with E-state index in [2.05, 4.69) is 15.2 Å². The van der Waals surface area contributed by atoms with Gasteiger partial charge in [-0.25, -0.2) is 4.98 Å². The molecule has 3 rings (SSSR count). The van der Waals surface area contributed by atoms with Crippen molar-refractivity contribution >= 4 is 17.4 Å². The molecule has 1 unspecified atom stereocenters. The minimum absolute atomic E-state index is 0.326. The molecule has 5 heteroatoms. The molecule has 2 heterocycles. The number of halogens is 1. The molecule has 1 aromatic heterocycles. The lowest BCUT2D eigenvalue weighted by atomic mass is 10.2. The Morgan fingerprint density at radius 1 is 1.50 bits per heavy atom. The summed E-state index contributed by atoms with van der Waals surface area (Å²) in [5.41, 5.74) is 0. The van der Waals surface area contributed by atoms with Gasteiger partial charge in [0.15, 0.2) is 0 Å². The van der Waals surface area contributed by atoms with Crippen molar-refractivity contribution in [3.63, 3.8) is 0 Å². The lowest BCUT2D eigenvalue weighted by molar-refractivity contribution is 0.0932. The Morgan fingerprint density at radius 2 is 2.39 bits per heavy atom. The van der Waals surface area contributed by atoms with Gasteiger partial charge in [0, 0.05) is 25.3 Å². The number of aromatic nitrogens is 1. The van der Waals surface area contributed by atoms with E-state index in [9.17, 15) is 0 Å². The van der Waals surface area contributed by atoms with Gasteiger partial charge in [0.05, 0.1) is 24.3 Å². The quantitative estimate of drug-likeness (QED) is 0.901. The highest BCUT2D eigenvalue weighted by Crippen LogP contribution is 2.26. The van der Waals surface area contributed by atoms with Crippen LogP contribution in [0, 0.1) is 0 Å². The van der Waals surface area contributed by atoms with Crippen molar-refractivity contribution in [2.45, 2.75) is 24.9 Å². The summed E-state index contributed by atoms with van der Waals surface area (Å²) in [5.74, 6) is 0.880. The van der Waals surface area contributed by atoms with Crippen LogP contribution in [0.2, 0.25) is 5.02 Å². The second-order valence-corrected chi connectivity index (χ2v) is 5.32. The number of hydrogen-bond acceptors (Lipinski definition) is 4. The van der Waals surface area contributed by atoms with Crippen LogP contribution >= 0.6 is 11.6 Å². The second-order valence-electron chi connectivity index (χ2n) is 4.91. The lowest BCUT2D eigenvalue weighted by Crippen LogP contribution is -2.51. The number of morpholine rings is 1. The minimum atomic E-state index is 0.326. The second kappa shape index (κ2) is 5.43. The van der Waals surface area contributed by atoms with E-state index in [4.69, 9.17) is 16.3 Å². The molecule has 0 aromatic carbocycles. The number of rotatable bonds is 4. The summed E-state index contributed by atoms with van der Waals surface area (Å²) in [4.78, 5) is 6.67. The van der Waals surface area contributed by atoms with E-state index < -0.39 is 0 Å². The van der Waals surface area contributed by atoms with E-state index >= 15 is 0 Å². The van der Waals surface area contributed by atoms with Crippen LogP contribution in [-0.4, -0.2) is 43.4 Å². The Balaban J connectivity index is 1.71. The Hall–Kier alpha value is -0.840. The van der Waals surface area contributed by atoms with Crippen LogP contribution in [0.15, 0.2) is 18.3 Å². The van der Waals surface area contributed by atoms with E-state index in [-0.39, 0.29) is 0 Å². The number of hydrogen-bond donors (Lipinski definition) is 1. The molecule has 4 nitrogen and oxygen atoms in total. The maximum absolute atomic E-state index is 6.23. The van der Waals surface area contributed by atoms with Gasteiger partial charge in [-0.3, -0.25) is 0 Å². The number of pyridine rings is 1. The van der Waals surface area contributed by atoms with Crippen LogP contribution in [0.4, 0.5) is 5.82 Å². The number of ether oxygens (including phenoxy) is 1. The largest absolute Gasteiger partial charge is 0.377 e. The van der Waals surface area contributed by atoms with Gasteiger partial charge >= 0.3 is 0 Å². The zero-order chi connectivity index (χ0) is 12.4. The van der Waals surface area contributed by atoms with Crippen LogP contribution in [-0.2, 0) is 4.74 Å². The summed E-state index contributed by atoms with van der Waals surface area (Å²) < 4.78 is 5.57. The Labute approximate surface area is 112 Å². The lowest BCUT2D eigenvalue weighted by Gasteiger charge is -2.37. The molecule has 1 aliphatic carbocycles. The van der Waals surface area contributed by atoms with Crippen molar-refractivity contribution in [3.8, 4) is 0 Å². The molecule has 98 valence electrons. The van der Waals surface area contributed by atoms with Crippen molar-refractivity contribution < 1.29 is 4.74 Å². The number of nitrogens with one attached hydrogen (secondary N) is 1. The third-order valence-corrected chi connectivity index (χ3v) is 3.75. The van der Waals surface area contributed by atoms with Gasteiger partial charge in [-0.15, -0.1) is 0 Å². The summed E-state index contributed by atoms with van der Waals surface area (Å²) in [6.07, 6.45) is 4.40. The minimum Gasteiger partial charge on any atom is -0.377 e. The predicted molar refractivity (Wildman–Crippen MR) is 72.2 cm³/mol.